The number of hydrogen-bond donors (Lipinski definition) is 0. The molecule has 0 radical (unpaired) electrons. The topological polar surface area (TPSA) is 0 Å². The summed E-state index contributed by atoms with van der Waals surface area (Å²) in [6.07, 6.45) is 0. The van der Waals surface area contributed by atoms with Gasteiger partial charge < -0.3 is 0 Å². The van der Waals surface area contributed by atoms with Gasteiger partial charge in [0.05, 0.1) is 10.9 Å². The number of rotatable bonds is 6. The molecule has 0 aliphatic carbocycles. The normalized spacial score (nSPS) is 13.4. The van der Waals surface area contributed by atoms with Crippen LogP contribution in [0.15, 0.2) is 135 Å². The Hall–Kier alpha value is -2.41. The van der Waals surface area contributed by atoms with E-state index in [9.17, 15) is 25.2 Å². The van der Waals surface area contributed by atoms with E-state index in [-0.39, 0.29) is 10.9 Å². The minimum absolute atomic E-state index is 0.0464. The predicted octanol–water partition coefficient (Wildman–Crippen LogP) is 10.5. The van der Waals surface area contributed by atoms with E-state index in [1.807, 2.05) is 11.8 Å². The Balaban J connectivity index is 0.000000406. The second-order valence-electron chi connectivity index (χ2n) is 7.18. The van der Waals surface area contributed by atoms with Crippen LogP contribution in [0.5, 0.6) is 0 Å². The van der Waals surface area contributed by atoms with Gasteiger partial charge in [0, 0.05) is 15.4 Å². The largest absolute Gasteiger partial charge is 0.161 e. The van der Waals surface area contributed by atoms with Gasteiger partial charge in [0.25, 0.3) is 0 Å². The van der Waals surface area contributed by atoms with Crippen LogP contribution in [0.2, 0.25) is 0 Å². The van der Waals surface area contributed by atoms with Gasteiger partial charge in [-0.2, -0.15) is 0 Å². The summed E-state index contributed by atoms with van der Waals surface area (Å²) in [7, 11) is -10.6. The van der Waals surface area contributed by atoms with Crippen molar-refractivity contribution in [2.75, 3.05) is 0 Å². The first-order valence-corrected chi connectivity index (χ1v) is 14.3. The third-order valence-corrected chi connectivity index (χ3v) is 7.59. The van der Waals surface area contributed by atoms with Gasteiger partial charge >= 0.3 is 33.0 Å². The van der Waals surface area contributed by atoms with Crippen LogP contribution in [0, 0.1) is 0 Å². The van der Waals surface area contributed by atoms with Crippen molar-refractivity contribution >= 4 is 30.5 Å². The second kappa shape index (κ2) is 10.1. The summed E-state index contributed by atoms with van der Waals surface area (Å²) in [5.74, 6) is 1.03. The number of hydrogen-bond acceptors (Lipinski definition) is 1. The fourth-order valence-electron chi connectivity index (χ4n) is 2.92. The summed E-state index contributed by atoms with van der Waals surface area (Å²) in [5.41, 5.74) is 1.38. The van der Waals surface area contributed by atoms with E-state index in [2.05, 4.69) is 115 Å². The summed E-state index contributed by atoms with van der Waals surface area (Å²) < 4.78 is 59.2. The van der Waals surface area contributed by atoms with Crippen molar-refractivity contribution < 1.29 is 25.2 Å². The van der Waals surface area contributed by atoms with E-state index >= 15 is 0 Å². The van der Waals surface area contributed by atoms with Crippen molar-refractivity contribution in [3.63, 3.8) is 0 Å². The minimum Gasteiger partial charge on any atom is -0.0901 e. The van der Waals surface area contributed by atoms with E-state index in [0.29, 0.717) is 0 Å². The quantitative estimate of drug-likeness (QED) is 0.136. The molecule has 0 atom stereocenters. The Bertz CT molecular complexity index is 1120. The maximum Gasteiger partial charge on any atom is 0.161 e. The van der Waals surface area contributed by atoms with Crippen LogP contribution >= 0.6 is 19.6 Å². The molecule has 0 bridgehead atoms. The zero-order chi connectivity index (χ0) is 24.7. The first-order valence-electron chi connectivity index (χ1n) is 10.0. The van der Waals surface area contributed by atoms with Gasteiger partial charge in [-0.1, -0.05) is 78.5 Å². The molecule has 0 amide bonds. The van der Waals surface area contributed by atoms with Crippen LogP contribution < -0.4 is 0 Å². The van der Waals surface area contributed by atoms with Gasteiger partial charge in [-0.3, -0.25) is 0 Å². The van der Waals surface area contributed by atoms with Crippen LogP contribution in [-0.2, 0) is 16.6 Å². The van der Waals surface area contributed by atoms with E-state index in [1.54, 1.807) is 0 Å². The smallest absolute Gasteiger partial charge is 0.0901 e. The Labute approximate surface area is 201 Å². The fraction of sp³-hybridized carbons (Fsp3) is 0.0400. The SMILES string of the molecule is F[P-](F)(F)(F)(F)F.c1ccc(Sc2ccc(C[S+](c3ccccc3)c3ccccc3)cc2)cc1. The molecule has 0 N–H and O–H groups in total. The molecule has 0 saturated heterocycles. The zero-order valence-electron chi connectivity index (χ0n) is 17.7. The molecule has 9 heteroatoms. The van der Waals surface area contributed by atoms with E-state index < -0.39 is 7.81 Å². The molecule has 0 aliphatic heterocycles. The van der Waals surface area contributed by atoms with Crippen LogP contribution in [0.25, 0.3) is 0 Å². The molecular weight excluding hydrogens is 509 g/mol. The molecule has 0 saturated carbocycles. The molecular formula is C25H21F6PS2. The maximum absolute atomic E-state index is 10.7. The van der Waals surface area contributed by atoms with Gasteiger partial charge in [0.2, 0.25) is 0 Å². The predicted molar refractivity (Wildman–Crippen MR) is 131 cm³/mol. The van der Waals surface area contributed by atoms with Crippen LogP contribution in [0.1, 0.15) is 5.56 Å². The first kappa shape index (κ1) is 26.2. The molecule has 0 fully saturated rings. The van der Waals surface area contributed by atoms with Gasteiger partial charge in [0.15, 0.2) is 9.79 Å². The third kappa shape index (κ3) is 10.7. The van der Waals surface area contributed by atoms with Crippen molar-refractivity contribution in [3.05, 3.63) is 121 Å². The Kier molecular flexibility index (Phi) is 7.75. The fourth-order valence-corrected chi connectivity index (χ4v) is 5.86. The summed E-state index contributed by atoms with van der Waals surface area (Å²) in [5, 5.41) is 0. The molecule has 4 aromatic carbocycles. The van der Waals surface area contributed by atoms with Crippen molar-refractivity contribution in [2.24, 2.45) is 0 Å². The van der Waals surface area contributed by atoms with E-state index in [4.69, 9.17) is 0 Å². The summed E-state index contributed by atoms with van der Waals surface area (Å²) >= 11 is 1.81. The van der Waals surface area contributed by atoms with E-state index in [0.717, 1.165) is 5.75 Å². The molecule has 0 aliphatic rings. The van der Waals surface area contributed by atoms with Gasteiger partial charge in [0.1, 0.15) is 5.75 Å². The van der Waals surface area contributed by atoms with Crippen molar-refractivity contribution in [1.29, 1.82) is 0 Å². The Morgan fingerprint density at radius 2 is 0.853 bits per heavy atom. The average molecular weight is 531 g/mol. The molecule has 34 heavy (non-hydrogen) atoms. The van der Waals surface area contributed by atoms with Crippen molar-refractivity contribution in [1.82, 2.24) is 0 Å². The minimum atomic E-state index is -10.7. The average Bonchev–Trinajstić information content (AvgIpc) is 2.78. The standard InChI is InChI=1S/C25H21S2.F6P/c1-4-10-22(11-5-1)26-23-18-16-21(17-19-23)20-27(24-12-6-2-7-13-24)25-14-8-3-9-15-25;1-7(2,3,4,5)6/h1-19H,20H2;/q+1;-1. The Morgan fingerprint density at radius 1 is 0.500 bits per heavy atom. The maximum atomic E-state index is 9.87. The second-order valence-corrected chi connectivity index (χ2v) is 12.3. The molecule has 0 aromatic heterocycles. The van der Waals surface area contributed by atoms with Crippen LogP contribution in [-0.4, -0.2) is 0 Å². The molecule has 4 rings (SSSR count). The molecule has 0 unspecified atom stereocenters. The molecule has 0 heterocycles. The van der Waals surface area contributed by atoms with Crippen LogP contribution in [0.4, 0.5) is 25.2 Å². The summed E-state index contributed by atoms with van der Waals surface area (Å²) in [4.78, 5) is 5.35. The third-order valence-electron chi connectivity index (χ3n) is 4.27. The van der Waals surface area contributed by atoms with Crippen molar-refractivity contribution in [3.8, 4) is 0 Å². The van der Waals surface area contributed by atoms with Gasteiger partial charge in [-0.05, 0) is 48.5 Å². The first-order chi connectivity index (χ1) is 15.8. The molecule has 4 aromatic rings. The molecule has 180 valence electrons. The number of halogens is 6. The van der Waals surface area contributed by atoms with Gasteiger partial charge in [-0.15, -0.1) is 0 Å². The van der Waals surface area contributed by atoms with E-state index in [1.165, 1.54) is 25.1 Å². The Morgan fingerprint density at radius 3 is 1.26 bits per heavy atom. The van der Waals surface area contributed by atoms with Gasteiger partial charge in [-0.25, -0.2) is 0 Å². The molecule has 0 spiro atoms. The monoisotopic (exact) mass is 530 g/mol. The zero-order valence-corrected chi connectivity index (χ0v) is 20.2. The molecule has 0 nitrogen and oxygen atoms in total. The summed E-state index contributed by atoms with van der Waals surface area (Å²) in [6.45, 7) is 0. The van der Waals surface area contributed by atoms with Crippen molar-refractivity contribution in [2.45, 2.75) is 25.3 Å². The summed E-state index contributed by atoms with van der Waals surface area (Å²) in [6, 6.07) is 41.3. The number of benzene rings is 4. The van der Waals surface area contributed by atoms with Crippen LogP contribution in [0.3, 0.4) is 0 Å².